The van der Waals surface area contributed by atoms with Gasteiger partial charge >= 0.3 is 0 Å². The molecule has 3 heterocycles. The molecule has 2 atom stereocenters. The number of hydrogen-bond donors (Lipinski definition) is 1. The molecule has 128 valence electrons. The van der Waals surface area contributed by atoms with Gasteiger partial charge in [0.15, 0.2) is 0 Å². The van der Waals surface area contributed by atoms with Crippen LogP contribution in [0.5, 0.6) is 0 Å². The lowest BCUT2D eigenvalue weighted by atomic mass is 10.1. The van der Waals surface area contributed by atoms with E-state index in [-0.39, 0.29) is 27.9 Å². The van der Waals surface area contributed by atoms with Crippen molar-refractivity contribution < 1.29 is 17.2 Å². The smallest absolute Gasteiger partial charge is 0.265 e. The van der Waals surface area contributed by atoms with Crippen LogP contribution in [0.1, 0.15) is 24.8 Å². The van der Waals surface area contributed by atoms with Gasteiger partial charge in [0.1, 0.15) is 0 Å². The van der Waals surface area contributed by atoms with E-state index < -0.39 is 16.4 Å². The maximum atomic E-state index is 13.4. The van der Waals surface area contributed by atoms with Gasteiger partial charge in [-0.1, -0.05) is 12.1 Å². The van der Waals surface area contributed by atoms with E-state index in [1.54, 1.807) is 12.1 Å². The summed E-state index contributed by atoms with van der Waals surface area (Å²) in [4.78, 5) is 3.76. The van der Waals surface area contributed by atoms with E-state index in [0.29, 0.717) is 11.9 Å². The summed E-state index contributed by atoms with van der Waals surface area (Å²) in [7, 11) is -3.84. The average molecular weight is 353 g/mol. The molecule has 1 aromatic carbocycles. The van der Waals surface area contributed by atoms with Crippen LogP contribution in [-0.4, -0.2) is 42.9 Å². The van der Waals surface area contributed by atoms with Gasteiger partial charge in [-0.15, -0.1) is 0 Å². The Morgan fingerprint density at radius 2 is 2.08 bits per heavy atom. The van der Waals surface area contributed by atoms with E-state index in [1.165, 1.54) is 16.6 Å². The largest absolute Gasteiger partial charge is 0.312 e. The molecular weight excluding hydrogens is 336 g/mol. The number of sulfonamides is 1. The third-order valence-corrected chi connectivity index (χ3v) is 6.90. The highest BCUT2D eigenvalue weighted by atomic mass is 32.2. The van der Waals surface area contributed by atoms with Crippen LogP contribution < -0.4 is 5.32 Å². The first-order valence-corrected chi connectivity index (χ1v) is 9.34. The number of fused-ring (bicyclic) bond motifs is 2. The third kappa shape index (κ3) is 2.32. The van der Waals surface area contributed by atoms with Gasteiger partial charge in [-0.25, -0.2) is 17.2 Å². The molecule has 0 saturated carbocycles. The van der Waals surface area contributed by atoms with Crippen LogP contribution in [0.15, 0.2) is 35.5 Å². The SMILES string of the molecule is O=S(=O)(c1cccc2cncc(C(F)F)c12)N1CC[C@@H]2NCC[C@@H]21. The molecule has 24 heavy (non-hydrogen) atoms. The van der Waals surface area contributed by atoms with Gasteiger partial charge < -0.3 is 5.32 Å². The minimum atomic E-state index is -3.84. The van der Waals surface area contributed by atoms with Crippen molar-refractivity contribution in [3.8, 4) is 0 Å². The highest BCUT2D eigenvalue weighted by Gasteiger charge is 2.44. The summed E-state index contributed by atoms with van der Waals surface area (Å²) >= 11 is 0. The van der Waals surface area contributed by atoms with E-state index in [2.05, 4.69) is 10.3 Å². The molecule has 0 unspecified atom stereocenters. The number of hydrogen-bond acceptors (Lipinski definition) is 4. The highest BCUT2D eigenvalue weighted by molar-refractivity contribution is 7.89. The number of alkyl halides is 2. The summed E-state index contributed by atoms with van der Waals surface area (Å²) in [6.45, 7) is 1.19. The van der Waals surface area contributed by atoms with Gasteiger partial charge in [-0.3, -0.25) is 4.98 Å². The van der Waals surface area contributed by atoms with Gasteiger partial charge in [0, 0.05) is 47.4 Å². The van der Waals surface area contributed by atoms with Gasteiger partial charge in [0.25, 0.3) is 6.43 Å². The van der Waals surface area contributed by atoms with Crippen molar-refractivity contribution in [2.75, 3.05) is 13.1 Å². The minimum Gasteiger partial charge on any atom is -0.312 e. The lowest BCUT2D eigenvalue weighted by Crippen LogP contribution is -2.38. The first-order chi connectivity index (χ1) is 11.5. The van der Waals surface area contributed by atoms with Crippen molar-refractivity contribution >= 4 is 20.8 Å². The monoisotopic (exact) mass is 353 g/mol. The fourth-order valence-electron chi connectivity index (χ4n) is 3.86. The summed E-state index contributed by atoms with van der Waals surface area (Å²) in [6, 6.07) is 4.66. The van der Waals surface area contributed by atoms with Crippen LogP contribution in [0.4, 0.5) is 8.78 Å². The molecule has 4 rings (SSSR count). The molecule has 2 aromatic rings. The van der Waals surface area contributed by atoms with Crippen molar-refractivity contribution in [1.82, 2.24) is 14.6 Å². The first-order valence-electron chi connectivity index (χ1n) is 7.90. The second-order valence-electron chi connectivity index (χ2n) is 6.20. The first kappa shape index (κ1) is 15.9. The Morgan fingerprint density at radius 1 is 1.25 bits per heavy atom. The number of halogens is 2. The standard InChI is InChI=1S/C16H17F2N3O2S/c17-16(18)11-9-19-8-10-2-1-3-14(15(10)11)24(22,23)21-7-5-12-13(21)4-6-20-12/h1-3,8-9,12-13,16,20H,4-7H2/t12-,13-/m0/s1. The molecule has 1 aromatic heterocycles. The van der Waals surface area contributed by atoms with Crippen molar-refractivity contribution in [2.24, 2.45) is 0 Å². The van der Waals surface area contributed by atoms with Crippen molar-refractivity contribution in [2.45, 2.75) is 36.2 Å². The van der Waals surface area contributed by atoms with E-state index in [0.717, 1.165) is 25.6 Å². The Kier molecular flexibility index (Phi) is 3.78. The number of pyridine rings is 1. The van der Waals surface area contributed by atoms with Crippen LogP contribution in [0.3, 0.4) is 0 Å². The average Bonchev–Trinajstić information content (AvgIpc) is 3.16. The molecule has 2 aliphatic rings. The summed E-state index contributed by atoms with van der Waals surface area (Å²) in [5.74, 6) is 0. The quantitative estimate of drug-likeness (QED) is 0.920. The lowest BCUT2D eigenvalue weighted by Gasteiger charge is -2.24. The fourth-order valence-corrected chi connectivity index (χ4v) is 5.81. The molecule has 5 nitrogen and oxygen atoms in total. The Hall–Kier alpha value is -1.64. The molecule has 8 heteroatoms. The number of nitrogens with one attached hydrogen (secondary N) is 1. The van der Waals surface area contributed by atoms with Gasteiger partial charge in [-0.2, -0.15) is 4.31 Å². The fraction of sp³-hybridized carbons (Fsp3) is 0.438. The lowest BCUT2D eigenvalue weighted by molar-refractivity contribution is 0.152. The number of rotatable bonds is 3. The van der Waals surface area contributed by atoms with Crippen LogP contribution in [0.25, 0.3) is 10.8 Å². The highest BCUT2D eigenvalue weighted by Crippen LogP contribution is 2.36. The molecule has 2 fully saturated rings. The molecule has 2 saturated heterocycles. The summed E-state index contributed by atoms with van der Waals surface area (Å²) in [6.07, 6.45) is 1.19. The normalized spacial score (nSPS) is 24.8. The van der Waals surface area contributed by atoms with E-state index in [4.69, 9.17) is 0 Å². The molecular formula is C16H17F2N3O2S. The van der Waals surface area contributed by atoms with Crippen LogP contribution >= 0.6 is 0 Å². The van der Waals surface area contributed by atoms with Crippen LogP contribution in [0, 0.1) is 0 Å². The van der Waals surface area contributed by atoms with Crippen LogP contribution in [0.2, 0.25) is 0 Å². The van der Waals surface area contributed by atoms with E-state index in [9.17, 15) is 17.2 Å². The van der Waals surface area contributed by atoms with Crippen molar-refractivity contribution in [3.05, 3.63) is 36.2 Å². The maximum absolute atomic E-state index is 13.4. The Labute approximate surface area is 138 Å². The Morgan fingerprint density at radius 3 is 2.88 bits per heavy atom. The van der Waals surface area contributed by atoms with E-state index >= 15 is 0 Å². The molecule has 0 spiro atoms. The Bertz CT molecular complexity index is 883. The third-order valence-electron chi connectivity index (χ3n) is 4.94. The summed E-state index contributed by atoms with van der Waals surface area (Å²) in [5.41, 5.74) is -0.341. The van der Waals surface area contributed by atoms with Gasteiger partial charge in [0.05, 0.1) is 4.90 Å². The second kappa shape index (κ2) is 5.72. The molecule has 0 amide bonds. The maximum Gasteiger partial charge on any atom is 0.265 e. The van der Waals surface area contributed by atoms with Crippen molar-refractivity contribution in [1.29, 1.82) is 0 Å². The number of aromatic nitrogens is 1. The molecule has 0 radical (unpaired) electrons. The molecule has 1 N–H and O–H groups in total. The zero-order valence-electron chi connectivity index (χ0n) is 12.8. The molecule has 0 aliphatic carbocycles. The number of nitrogens with zero attached hydrogens (tertiary/aromatic N) is 2. The van der Waals surface area contributed by atoms with Crippen LogP contribution in [-0.2, 0) is 10.0 Å². The zero-order chi connectivity index (χ0) is 16.9. The van der Waals surface area contributed by atoms with E-state index in [1.807, 2.05) is 0 Å². The predicted octanol–water partition coefficient (Wildman–Crippen LogP) is 2.30. The van der Waals surface area contributed by atoms with Crippen molar-refractivity contribution in [3.63, 3.8) is 0 Å². The number of benzene rings is 1. The molecule has 0 bridgehead atoms. The van der Waals surface area contributed by atoms with Gasteiger partial charge in [-0.05, 0) is 25.5 Å². The summed E-state index contributed by atoms with van der Waals surface area (Å²) in [5, 5.41) is 3.79. The second-order valence-corrected chi connectivity index (χ2v) is 8.06. The molecule has 2 aliphatic heterocycles. The zero-order valence-corrected chi connectivity index (χ0v) is 13.6. The summed E-state index contributed by atoms with van der Waals surface area (Å²) < 4.78 is 54.7. The Balaban J connectivity index is 1.90. The van der Waals surface area contributed by atoms with Gasteiger partial charge in [0.2, 0.25) is 10.0 Å². The minimum absolute atomic E-state index is 0.0507. The topological polar surface area (TPSA) is 62.3 Å². The predicted molar refractivity (Wildman–Crippen MR) is 85.4 cm³/mol.